The molecule has 6 nitrogen and oxygen atoms in total. The van der Waals surface area contributed by atoms with E-state index >= 15 is 0 Å². The molecule has 0 spiro atoms. The Bertz CT molecular complexity index is 910. The molecule has 2 aromatic carbocycles. The molecule has 1 heterocycles. The first-order chi connectivity index (χ1) is 12.1. The zero-order valence-electron chi connectivity index (χ0n) is 13.8. The van der Waals surface area contributed by atoms with Crippen molar-refractivity contribution < 1.29 is 19.1 Å². The van der Waals surface area contributed by atoms with E-state index in [1.807, 2.05) is 19.1 Å². The minimum atomic E-state index is -0.494. The molecule has 3 aromatic rings. The lowest BCUT2D eigenvalue weighted by Gasteiger charge is -1.99. The summed E-state index contributed by atoms with van der Waals surface area (Å²) in [6, 6.07) is 15.6. The number of hydrogen-bond acceptors (Lipinski definition) is 5. The number of amides is 1. The smallest absolute Gasteiger partial charge is 0.311 e. The summed E-state index contributed by atoms with van der Waals surface area (Å²) >= 11 is 0. The number of benzene rings is 2. The van der Waals surface area contributed by atoms with E-state index in [0.717, 1.165) is 11.1 Å². The molecule has 0 radical (unpaired) electrons. The van der Waals surface area contributed by atoms with Crippen LogP contribution in [0.2, 0.25) is 0 Å². The van der Waals surface area contributed by atoms with Gasteiger partial charge < -0.3 is 14.3 Å². The molecule has 0 saturated carbocycles. The van der Waals surface area contributed by atoms with Crippen molar-refractivity contribution in [1.82, 2.24) is 0 Å². The molecule has 0 aliphatic carbocycles. The van der Waals surface area contributed by atoms with Crippen LogP contribution in [0.4, 0.5) is 5.69 Å². The normalized spacial score (nSPS) is 11.0. The third kappa shape index (κ3) is 3.74. The van der Waals surface area contributed by atoms with Gasteiger partial charge in [-0.05, 0) is 43.3 Å². The molecule has 1 amide bonds. The van der Waals surface area contributed by atoms with E-state index in [1.54, 1.807) is 43.5 Å². The molecule has 6 heteroatoms. The van der Waals surface area contributed by atoms with Gasteiger partial charge in [-0.1, -0.05) is 17.7 Å². The summed E-state index contributed by atoms with van der Waals surface area (Å²) in [5.41, 5.74) is 2.30. The number of ether oxygens (including phenoxy) is 1. The van der Waals surface area contributed by atoms with Gasteiger partial charge in [0, 0.05) is 17.2 Å². The summed E-state index contributed by atoms with van der Waals surface area (Å²) in [6.45, 7) is 1.93. The minimum Gasteiger partial charge on any atom is -0.497 e. The number of hydrogen-bond donors (Lipinski definition) is 1. The van der Waals surface area contributed by atoms with Gasteiger partial charge in [0.25, 0.3) is 5.91 Å². The van der Waals surface area contributed by atoms with E-state index in [1.165, 1.54) is 6.07 Å². The highest BCUT2D eigenvalue weighted by molar-refractivity contribution is 5.94. The Hall–Kier alpha value is -3.41. The predicted molar refractivity (Wildman–Crippen MR) is 92.4 cm³/mol. The zero-order valence-corrected chi connectivity index (χ0v) is 13.8. The number of carbonyl (C=O) groups excluding carboxylic acids is 1. The number of azo groups is 1. The summed E-state index contributed by atoms with van der Waals surface area (Å²) < 4.78 is 10.4. The van der Waals surface area contributed by atoms with E-state index < -0.39 is 11.9 Å². The molecule has 25 heavy (non-hydrogen) atoms. The first-order valence-corrected chi connectivity index (χ1v) is 7.57. The highest BCUT2D eigenvalue weighted by Gasteiger charge is 2.12. The Morgan fingerprint density at radius 2 is 1.76 bits per heavy atom. The van der Waals surface area contributed by atoms with Crippen molar-refractivity contribution in [2.75, 3.05) is 7.11 Å². The Morgan fingerprint density at radius 3 is 2.40 bits per heavy atom. The molecule has 1 N–H and O–H groups in total. The van der Waals surface area contributed by atoms with Crippen LogP contribution in [0.15, 0.2) is 69.2 Å². The fourth-order valence-corrected chi connectivity index (χ4v) is 2.19. The van der Waals surface area contributed by atoms with Crippen LogP contribution in [-0.2, 0) is 0 Å². The second kappa shape index (κ2) is 7.00. The highest BCUT2D eigenvalue weighted by Crippen LogP contribution is 2.36. The van der Waals surface area contributed by atoms with Crippen molar-refractivity contribution in [1.29, 1.82) is 0 Å². The fourth-order valence-electron chi connectivity index (χ4n) is 2.19. The van der Waals surface area contributed by atoms with Crippen molar-refractivity contribution in [2.45, 2.75) is 6.92 Å². The van der Waals surface area contributed by atoms with Gasteiger partial charge >= 0.3 is 5.95 Å². The topological polar surface area (TPSA) is 84.4 Å². The fraction of sp³-hybridized carbons (Fsp3) is 0.105. The first-order valence-electron chi connectivity index (χ1n) is 7.57. The number of aromatic hydroxyl groups is 1. The SMILES string of the molecule is COc1ccc(-c2cc(N=NC(=O)c3ccc(C)cc3)c(O)o2)cc1. The largest absolute Gasteiger partial charge is 0.497 e. The molecule has 0 fully saturated rings. The van der Waals surface area contributed by atoms with Crippen molar-refractivity contribution in [3.05, 3.63) is 65.7 Å². The Balaban J connectivity index is 1.79. The molecule has 0 saturated heterocycles. The van der Waals surface area contributed by atoms with E-state index in [4.69, 9.17) is 9.15 Å². The van der Waals surface area contributed by atoms with Crippen LogP contribution in [0.5, 0.6) is 11.7 Å². The van der Waals surface area contributed by atoms with Gasteiger partial charge in [-0.25, -0.2) is 0 Å². The van der Waals surface area contributed by atoms with Crippen LogP contribution in [0.3, 0.4) is 0 Å². The third-order valence-corrected chi connectivity index (χ3v) is 3.62. The molecule has 0 unspecified atom stereocenters. The van der Waals surface area contributed by atoms with Gasteiger partial charge in [-0.15, -0.1) is 10.2 Å². The monoisotopic (exact) mass is 336 g/mol. The number of rotatable bonds is 4. The van der Waals surface area contributed by atoms with Crippen molar-refractivity contribution in [2.24, 2.45) is 10.2 Å². The molecule has 126 valence electrons. The Labute approximate surface area is 144 Å². The van der Waals surface area contributed by atoms with Gasteiger partial charge in [0.2, 0.25) is 0 Å². The van der Waals surface area contributed by atoms with E-state index in [-0.39, 0.29) is 5.69 Å². The number of nitrogens with zero attached hydrogens (tertiary/aromatic N) is 2. The summed E-state index contributed by atoms with van der Waals surface area (Å²) in [5.74, 6) is 0.234. The van der Waals surface area contributed by atoms with Crippen LogP contribution in [0.1, 0.15) is 15.9 Å². The van der Waals surface area contributed by atoms with Gasteiger partial charge in [-0.3, -0.25) is 4.79 Å². The lowest BCUT2D eigenvalue weighted by atomic mass is 10.1. The highest BCUT2D eigenvalue weighted by atomic mass is 16.5. The van der Waals surface area contributed by atoms with Gasteiger partial charge in [0.15, 0.2) is 5.69 Å². The Morgan fingerprint density at radius 1 is 1.08 bits per heavy atom. The van der Waals surface area contributed by atoms with Gasteiger partial charge in [0.1, 0.15) is 11.5 Å². The maximum absolute atomic E-state index is 12.0. The number of carbonyl (C=O) groups is 1. The van der Waals surface area contributed by atoms with Gasteiger partial charge in [0.05, 0.1) is 7.11 Å². The van der Waals surface area contributed by atoms with Crippen LogP contribution in [-0.4, -0.2) is 18.1 Å². The summed E-state index contributed by atoms with van der Waals surface area (Å²) in [7, 11) is 1.58. The molecule has 0 aliphatic heterocycles. The molecular weight excluding hydrogens is 320 g/mol. The standard InChI is InChI=1S/C19H16N2O4/c1-12-3-5-14(6-4-12)18(22)21-20-16-11-17(25-19(16)23)13-7-9-15(24-2)10-8-13/h3-11,23H,1-2H3. The van der Waals surface area contributed by atoms with Crippen molar-refractivity contribution in [3.8, 4) is 23.0 Å². The molecule has 0 atom stereocenters. The third-order valence-electron chi connectivity index (χ3n) is 3.62. The average molecular weight is 336 g/mol. The first kappa shape index (κ1) is 16.4. The zero-order chi connectivity index (χ0) is 17.8. The average Bonchev–Trinajstić information content (AvgIpc) is 3.01. The summed E-state index contributed by atoms with van der Waals surface area (Å²) in [4.78, 5) is 12.0. The maximum atomic E-state index is 12.0. The minimum absolute atomic E-state index is 0.0891. The van der Waals surface area contributed by atoms with E-state index in [2.05, 4.69) is 10.2 Å². The Kier molecular flexibility index (Phi) is 4.61. The maximum Gasteiger partial charge on any atom is 0.311 e. The number of methoxy groups -OCH3 is 1. The molecular formula is C19H16N2O4. The molecule has 1 aromatic heterocycles. The van der Waals surface area contributed by atoms with Crippen LogP contribution < -0.4 is 4.74 Å². The van der Waals surface area contributed by atoms with Crippen LogP contribution in [0.25, 0.3) is 11.3 Å². The number of furan rings is 1. The molecule has 0 bridgehead atoms. The molecule has 3 rings (SSSR count). The second-order valence-corrected chi connectivity index (χ2v) is 5.40. The number of aryl methyl sites for hydroxylation is 1. The second-order valence-electron chi connectivity index (χ2n) is 5.40. The van der Waals surface area contributed by atoms with Gasteiger partial charge in [-0.2, -0.15) is 0 Å². The van der Waals surface area contributed by atoms with E-state index in [0.29, 0.717) is 17.1 Å². The predicted octanol–water partition coefficient (Wildman–Crippen LogP) is 4.89. The van der Waals surface area contributed by atoms with Crippen molar-refractivity contribution >= 4 is 11.6 Å². The van der Waals surface area contributed by atoms with Crippen LogP contribution in [0, 0.1) is 6.92 Å². The van der Waals surface area contributed by atoms with E-state index in [9.17, 15) is 9.90 Å². The van der Waals surface area contributed by atoms with Crippen LogP contribution >= 0.6 is 0 Å². The quantitative estimate of drug-likeness (QED) is 0.687. The lowest BCUT2D eigenvalue weighted by molar-refractivity contribution is 0.0995. The van der Waals surface area contributed by atoms with Crippen molar-refractivity contribution in [3.63, 3.8) is 0 Å². The summed E-state index contributed by atoms with van der Waals surface area (Å²) in [6.07, 6.45) is 0. The molecule has 0 aliphatic rings. The summed E-state index contributed by atoms with van der Waals surface area (Å²) in [5, 5.41) is 17.3. The lowest BCUT2D eigenvalue weighted by Crippen LogP contribution is -1.92.